The SMILES string of the molecule is CCN1C(=O)C(=c2sc(=Cc3ccc4c(c3)c3ccccc3n4-c3ccc(-c4ccc(-n5c6ccccc6c6ccccc65)cc4)cc3)c(=O)n2CC(=O)O)SC1=S. The lowest BCUT2D eigenvalue weighted by Crippen LogP contribution is -2.35. The minimum Gasteiger partial charge on any atom is -0.480 e. The Hall–Kier alpha value is -6.53. The van der Waals surface area contributed by atoms with E-state index in [4.69, 9.17) is 12.2 Å². The molecular weight excluding hydrogens is 781 g/mol. The topological polar surface area (TPSA) is 89.5 Å². The number of para-hydroxylation sites is 3. The van der Waals surface area contributed by atoms with E-state index in [0.717, 1.165) is 77.5 Å². The van der Waals surface area contributed by atoms with Gasteiger partial charge in [-0.15, -0.1) is 11.3 Å². The number of fused-ring (bicyclic) bond motifs is 6. The molecule has 0 unspecified atom stereocenters. The van der Waals surface area contributed by atoms with Crippen molar-refractivity contribution in [2.45, 2.75) is 13.5 Å². The number of nitrogens with zero attached hydrogens (tertiary/aromatic N) is 4. The summed E-state index contributed by atoms with van der Waals surface area (Å²) in [5, 5.41) is 14.2. The van der Waals surface area contributed by atoms with Gasteiger partial charge in [-0.1, -0.05) is 109 Å². The second-order valence-electron chi connectivity index (χ2n) is 14.0. The Kier molecular flexibility index (Phi) is 8.74. The molecule has 11 heteroatoms. The molecule has 0 radical (unpaired) electrons. The van der Waals surface area contributed by atoms with Crippen molar-refractivity contribution in [3.8, 4) is 22.5 Å². The lowest BCUT2D eigenvalue weighted by molar-refractivity contribution is -0.137. The predicted octanol–water partition coefficient (Wildman–Crippen LogP) is 8.67. The molecule has 9 aromatic rings. The first-order valence-electron chi connectivity index (χ1n) is 18.7. The van der Waals surface area contributed by atoms with Crippen LogP contribution in [0.5, 0.6) is 0 Å². The van der Waals surface area contributed by atoms with Crippen LogP contribution in [0.25, 0.3) is 77.1 Å². The van der Waals surface area contributed by atoms with Crippen LogP contribution in [0.3, 0.4) is 0 Å². The van der Waals surface area contributed by atoms with E-state index in [9.17, 15) is 19.5 Å². The van der Waals surface area contributed by atoms with Crippen molar-refractivity contribution in [2.24, 2.45) is 0 Å². The molecule has 58 heavy (non-hydrogen) atoms. The Labute approximate surface area is 344 Å². The van der Waals surface area contributed by atoms with Crippen LogP contribution in [0.15, 0.2) is 144 Å². The summed E-state index contributed by atoms with van der Waals surface area (Å²) in [4.78, 5) is 40.4. The molecule has 282 valence electrons. The number of thiazole rings is 1. The number of amides is 1. The first-order valence-corrected chi connectivity index (χ1v) is 20.8. The second-order valence-corrected chi connectivity index (χ2v) is 16.7. The number of carboxylic acid groups (broad SMARTS) is 1. The highest BCUT2D eigenvalue weighted by Gasteiger charge is 2.33. The Balaban J connectivity index is 1.02. The van der Waals surface area contributed by atoms with Gasteiger partial charge in [0.25, 0.3) is 11.5 Å². The van der Waals surface area contributed by atoms with E-state index < -0.39 is 18.1 Å². The average molecular weight is 813 g/mol. The van der Waals surface area contributed by atoms with Crippen molar-refractivity contribution < 1.29 is 14.7 Å². The van der Waals surface area contributed by atoms with E-state index in [0.29, 0.717) is 20.1 Å². The normalized spacial score (nSPS) is 14.6. The predicted molar refractivity (Wildman–Crippen MR) is 241 cm³/mol. The maximum absolute atomic E-state index is 13.7. The van der Waals surface area contributed by atoms with Gasteiger partial charge in [-0.25, -0.2) is 0 Å². The van der Waals surface area contributed by atoms with Crippen molar-refractivity contribution in [1.29, 1.82) is 0 Å². The van der Waals surface area contributed by atoms with Crippen molar-refractivity contribution in [3.05, 3.63) is 165 Å². The molecule has 1 saturated heterocycles. The van der Waals surface area contributed by atoms with Gasteiger partial charge in [0, 0.05) is 39.5 Å². The quantitative estimate of drug-likeness (QED) is 0.162. The fraction of sp³-hybridized carbons (Fsp3) is 0.0638. The molecule has 0 atom stereocenters. The van der Waals surface area contributed by atoms with Crippen LogP contribution in [0, 0.1) is 0 Å². The molecule has 10 rings (SSSR count). The van der Waals surface area contributed by atoms with Gasteiger partial charge < -0.3 is 14.2 Å². The number of benzene rings is 6. The van der Waals surface area contributed by atoms with Gasteiger partial charge >= 0.3 is 5.97 Å². The minimum atomic E-state index is -1.17. The van der Waals surface area contributed by atoms with Gasteiger partial charge in [-0.3, -0.25) is 23.9 Å². The van der Waals surface area contributed by atoms with Crippen molar-refractivity contribution in [3.63, 3.8) is 0 Å². The van der Waals surface area contributed by atoms with Crippen LogP contribution in [0.4, 0.5) is 0 Å². The van der Waals surface area contributed by atoms with Gasteiger partial charge in [-0.2, -0.15) is 0 Å². The molecule has 0 aliphatic carbocycles. The molecule has 1 aliphatic rings. The number of aromatic nitrogens is 3. The third kappa shape index (κ3) is 5.81. The molecule has 3 aromatic heterocycles. The first-order chi connectivity index (χ1) is 28.3. The average Bonchev–Trinajstić information content (AvgIpc) is 3.94. The fourth-order valence-corrected chi connectivity index (χ4v) is 10.7. The Bertz CT molecular complexity index is 3320. The minimum absolute atomic E-state index is 0.274. The lowest BCUT2D eigenvalue weighted by atomic mass is 10.0. The maximum Gasteiger partial charge on any atom is 0.323 e. The van der Waals surface area contributed by atoms with Gasteiger partial charge in [0.05, 0.1) is 26.6 Å². The third-order valence-electron chi connectivity index (χ3n) is 10.7. The Morgan fingerprint density at radius 1 is 0.672 bits per heavy atom. The van der Waals surface area contributed by atoms with Crippen molar-refractivity contribution >= 4 is 106 Å². The number of carboxylic acids is 1. The molecule has 1 fully saturated rings. The summed E-state index contributed by atoms with van der Waals surface area (Å²) in [5.41, 5.74) is 9.09. The molecule has 8 nitrogen and oxygen atoms in total. The zero-order chi connectivity index (χ0) is 39.7. The molecule has 0 bridgehead atoms. The third-order valence-corrected chi connectivity index (χ3v) is 13.4. The number of hydrogen-bond donors (Lipinski definition) is 1. The van der Waals surface area contributed by atoms with Crippen LogP contribution in [-0.2, 0) is 16.1 Å². The summed E-state index contributed by atoms with van der Waals surface area (Å²) >= 11 is 7.60. The fourth-order valence-electron chi connectivity index (χ4n) is 8.08. The monoisotopic (exact) mass is 812 g/mol. The van der Waals surface area contributed by atoms with E-state index >= 15 is 0 Å². The molecule has 1 aliphatic heterocycles. The summed E-state index contributed by atoms with van der Waals surface area (Å²) in [6, 6.07) is 48.7. The van der Waals surface area contributed by atoms with E-state index in [1.54, 1.807) is 6.08 Å². The maximum atomic E-state index is 13.7. The van der Waals surface area contributed by atoms with Crippen LogP contribution in [0.2, 0.25) is 0 Å². The van der Waals surface area contributed by atoms with E-state index in [1.165, 1.54) is 26.7 Å². The van der Waals surface area contributed by atoms with Gasteiger partial charge in [0.2, 0.25) is 0 Å². The van der Waals surface area contributed by atoms with E-state index in [-0.39, 0.29) is 10.8 Å². The number of hydrogen-bond acceptors (Lipinski definition) is 6. The van der Waals surface area contributed by atoms with Crippen molar-refractivity contribution in [1.82, 2.24) is 18.6 Å². The first kappa shape index (κ1) is 35.9. The summed E-state index contributed by atoms with van der Waals surface area (Å²) in [7, 11) is 0. The van der Waals surface area contributed by atoms with E-state index in [1.807, 2.05) is 25.1 Å². The highest BCUT2D eigenvalue weighted by Crippen LogP contribution is 2.36. The molecular formula is C47H32N4O4S3. The standard InChI is InChI=1S/C47H32N4O4S3/c1-2-48-45(55)43(58-47(48)56)46-49(27-42(52)53)44(54)41(57-46)26-28-15-24-40-36(25-28)35-11-5-8-14-39(35)51(40)32-22-18-30(19-23-32)29-16-20-31(21-17-29)50-37-12-6-3-9-33(37)34-10-4-7-13-38(34)50/h3-26H,2,27H2,1H3,(H,52,53). The zero-order valence-electron chi connectivity index (χ0n) is 31.0. The lowest BCUT2D eigenvalue weighted by Gasteiger charge is -2.11. The highest BCUT2D eigenvalue weighted by atomic mass is 32.2. The van der Waals surface area contributed by atoms with Gasteiger partial charge in [0.1, 0.15) is 20.4 Å². The highest BCUT2D eigenvalue weighted by molar-refractivity contribution is 8.30. The summed E-state index contributed by atoms with van der Waals surface area (Å²) in [6.45, 7) is 1.65. The number of rotatable bonds is 7. The van der Waals surface area contributed by atoms with Gasteiger partial charge in [-0.05, 0) is 84.3 Å². The number of aliphatic carboxylic acids is 1. The number of carbonyl (C=O) groups excluding carboxylic acids is 1. The summed E-state index contributed by atoms with van der Waals surface area (Å²) in [6.07, 6.45) is 1.77. The number of carbonyl (C=O) groups is 2. The molecule has 1 amide bonds. The smallest absolute Gasteiger partial charge is 0.323 e. The number of thioether (sulfide) groups is 1. The van der Waals surface area contributed by atoms with E-state index in [2.05, 4.69) is 130 Å². The molecule has 1 N–H and O–H groups in total. The molecule has 0 saturated carbocycles. The second kappa shape index (κ2) is 14.1. The van der Waals surface area contributed by atoms with Crippen LogP contribution >= 0.6 is 35.3 Å². The van der Waals surface area contributed by atoms with Crippen LogP contribution in [0.1, 0.15) is 12.5 Å². The molecule has 0 spiro atoms. The van der Waals surface area contributed by atoms with Crippen LogP contribution in [-0.4, -0.2) is 46.4 Å². The molecule has 4 heterocycles. The zero-order valence-corrected chi connectivity index (χ0v) is 33.4. The Morgan fingerprint density at radius 2 is 1.17 bits per heavy atom. The number of thiocarbonyl (C=S) groups is 1. The Morgan fingerprint density at radius 3 is 1.67 bits per heavy atom. The van der Waals surface area contributed by atoms with Gasteiger partial charge in [0.15, 0.2) is 0 Å². The molecule has 6 aromatic carbocycles. The largest absolute Gasteiger partial charge is 0.480 e. The van der Waals surface area contributed by atoms with Crippen molar-refractivity contribution in [2.75, 3.05) is 6.54 Å². The summed E-state index contributed by atoms with van der Waals surface area (Å²) < 4.78 is 6.75. The summed E-state index contributed by atoms with van der Waals surface area (Å²) in [5.74, 6) is -1.49. The van der Waals surface area contributed by atoms with Crippen LogP contribution < -0.4 is 14.8 Å².